The van der Waals surface area contributed by atoms with Crippen LogP contribution in [-0.4, -0.2) is 9.78 Å². The normalized spacial score (nSPS) is 14.7. The molecule has 0 aliphatic carbocycles. The molecule has 1 unspecified atom stereocenters. The third-order valence-electron chi connectivity index (χ3n) is 4.07. The summed E-state index contributed by atoms with van der Waals surface area (Å²) in [5.41, 5.74) is 1.76. The van der Waals surface area contributed by atoms with Gasteiger partial charge in [-0.2, -0.15) is 5.10 Å². The standard InChI is InChI=1S/C16H30N2/c1-5-7-9-10-12-16(3,11-8-6-2)15-13-17-18(4)14-15/h13-14H,5-12H2,1-4H3. The molecule has 1 heterocycles. The molecule has 0 spiro atoms. The van der Waals surface area contributed by atoms with E-state index in [0.29, 0.717) is 5.41 Å². The smallest absolute Gasteiger partial charge is 0.0527 e. The van der Waals surface area contributed by atoms with Gasteiger partial charge in [0.2, 0.25) is 0 Å². The van der Waals surface area contributed by atoms with Gasteiger partial charge in [-0.25, -0.2) is 0 Å². The van der Waals surface area contributed by atoms with Gasteiger partial charge >= 0.3 is 0 Å². The molecule has 0 saturated carbocycles. The molecule has 0 aliphatic heterocycles. The Morgan fingerprint density at radius 3 is 2.28 bits per heavy atom. The minimum atomic E-state index is 0.331. The predicted octanol–water partition coefficient (Wildman–Crippen LogP) is 4.84. The molecular formula is C16H30N2. The Morgan fingerprint density at radius 2 is 1.72 bits per heavy atom. The second kappa shape index (κ2) is 7.60. The van der Waals surface area contributed by atoms with E-state index in [-0.39, 0.29) is 0 Å². The molecule has 2 nitrogen and oxygen atoms in total. The molecule has 0 aromatic carbocycles. The summed E-state index contributed by atoms with van der Waals surface area (Å²) in [7, 11) is 2.01. The zero-order valence-electron chi connectivity index (χ0n) is 12.7. The zero-order valence-corrected chi connectivity index (χ0v) is 12.7. The first kappa shape index (κ1) is 15.3. The molecule has 104 valence electrons. The van der Waals surface area contributed by atoms with Crippen LogP contribution < -0.4 is 0 Å². The summed E-state index contributed by atoms with van der Waals surface area (Å²) in [4.78, 5) is 0. The summed E-state index contributed by atoms with van der Waals surface area (Å²) in [5.74, 6) is 0. The van der Waals surface area contributed by atoms with Gasteiger partial charge in [0.15, 0.2) is 0 Å². The largest absolute Gasteiger partial charge is 0.276 e. The number of unbranched alkanes of at least 4 members (excludes halogenated alkanes) is 4. The lowest BCUT2D eigenvalue weighted by atomic mass is 9.75. The maximum atomic E-state index is 4.35. The van der Waals surface area contributed by atoms with E-state index in [9.17, 15) is 0 Å². The topological polar surface area (TPSA) is 17.8 Å². The van der Waals surface area contributed by atoms with Crippen LogP contribution in [0.3, 0.4) is 0 Å². The van der Waals surface area contributed by atoms with Gasteiger partial charge in [0.1, 0.15) is 0 Å². The maximum absolute atomic E-state index is 4.35. The molecule has 0 bridgehead atoms. The van der Waals surface area contributed by atoms with E-state index in [1.807, 2.05) is 11.7 Å². The summed E-state index contributed by atoms with van der Waals surface area (Å²) >= 11 is 0. The highest BCUT2D eigenvalue weighted by atomic mass is 15.2. The fourth-order valence-electron chi connectivity index (χ4n) is 2.66. The van der Waals surface area contributed by atoms with Crippen LogP contribution in [0, 0.1) is 0 Å². The van der Waals surface area contributed by atoms with Crippen molar-refractivity contribution >= 4 is 0 Å². The van der Waals surface area contributed by atoms with Crippen molar-refractivity contribution in [2.45, 2.75) is 77.6 Å². The van der Waals surface area contributed by atoms with Crippen molar-refractivity contribution in [3.05, 3.63) is 18.0 Å². The quantitative estimate of drug-likeness (QED) is 0.573. The predicted molar refractivity (Wildman–Crippen MR) is 78.8 cm³/mol. The monoisotopic (exact) mass is 250 g/mol. The van der Waals surface area contributed by atoms with Crippen LogP contribution in [0.4, 0.5) is 0 Å². The zero-order chi connectivity index (χ0) is 13.4. The van der Waals surface area contributed by atoms with Crippen molar-refractivity contribution < 1.29 is 0 Å². The lowest BCUT2D eigenvalue weighted by Crippen LogP contribution is -2.21. The highest BCUT2D eigenvalue weighted by Gasteiger charge is 2.26. The summed E-state index contributed by atoms with van der Waals surface area (Å²) in [6.07, 6.45) is 14.9. The molecule has 1 rings (SSSR count). The highest BCUT2D eigenvalue weighted by Crippen LogP contribution is 2.34. The van der Waals surface area contributed by atoms with Crippen LogP contribution in [-0.2, 0) is 12.5 Å². The Labute approximate surface area is 113 Å². The van der Waals surface area contributed by atoms with E-state index in [2.05, 4.69) is 38.3 Å². The number of aromatic nitrogens is 2. The molecule has 0 saturated heterocycles. The van der Waals surface area contributed by atoms with Crippen molar-refractivity contribution in [1.82, 2.24) is 9.78 Å². The number of nitrogens with zero attached hydrogens (tertiary/aromatic N) is 2. The molecule has 0 amide bonds. The molecule has 1 atom stereocenters. The number of rotatable bonds is 9. The van der Waals surface area contributed by atoms with Crippen molar-refractivity contribution in [2.75, 3.05) is 0 Å². The molecule has 2 heteroatoms. The number of aryl methyl sites for hydroxylation is 1. The van der Waals surface area contributed by atoms with Gasteiger partial charge in [0.05, 0.1) is 6.20 Å². The van der Waals surface area contributed by atoms with Gasteiger partial charge < -0.3 is 0 Å². The summed E-state index contributed by atoms with van der Waals surface area (Å²) in [6, 6.07) is 0. The van der Waals surface area contributed by atoms with Crippen LogP contribution in [0.2, 0.25) is 0 Å². The Bertz CT molecular complexity index is 330. The van der Waals surface area contributed by atoms with Crippen molar-refractivity contribution in [2.24, 2.45) is 7.05 Å². The van der Waals surface area contributed by atoms with E-state index < -0.39 is 0 Å². The molecule has 0 fully saturated rings. The van der Waals surface area contributed by atoms with E-state index in [0.717, 1.165) is 0 Å². The highest BCUT2D eigenvalue weighted by molar-refractivity contribution is 5.18. The first-order chi connectivity index (χ1) is 8.62. The number of hydrogen-bond acceptors (Lipinski definition) is 1. The van der Waals surface area contributed by atoms with E-state index in [1.54, 1.807) is 0 Å². The van der Waals surface area contributed by atoms with Gasteiger partial charge in [0.25, 0.3) is 0 Å². The van der Waals surface area contributed by atoms with E-state index >= 15 is 0 Å². The van der Waals surface area contributed by atoms with Crippen LogP contribution in [0.1, 0.15) is 77.7 Å². The third kappa shape index (κ3) is 4.47. The van der Waals surface area contributed by atoms with Crippen LogP contribution in [0.25, 0.3) is 0 Å². The lowest BCUT2D eigenvalue weighted by molar-refractivity contribution is 0.369. The number of hydrogen-bond donors (Lipinski definition) is 0. The molecule has 1 aromatic heterocycles. The Balaban J connectivity index is 2.62. The van der Waals surface area contributed by atoms with Crippen molar-refractivity contribution in [3.8, 4) is 0 Å². The maximum Gasteiger partial charge on any atom is 0.0527 e. The Morgan fingerprint density at radius 1 is 1.06 bits per heavy atom. The minimum absolute atomic E-state index is 0.331. The van der Waals surface area contributed by atoms with Gasteiger partial charge in [0, 0.05) is 13.2 Å². The van der Waals surface area contributed by atoms with Crippen LogP contribution in [0.5, 0.6) is 0 Å². The molecule has 18 heavy (non-hydrogen) atoms. The second-order valence-corrected chi connectivity index (χ2v) is 5.88. The van der Waals surface area contributed by atoms with E-state index in [1.165, 1.54) is 56.9 Å². The summed E-state index contributed by atoms with van der Waals surface area (Å²) in [6.45, 7) is 6.98. The lowest BCUT2D eigenvalue weighted by Gasteiger charge is -2.29. The minimum Gasteiger partial charge on any atom is -0.276 e. The molecule has 0 radical (unpaired) electrons. The third-order valence-corrected chi connectivity index (χ3v) is 4.07. The molecule has 0 aliphatic rings. The Kier molecular flexibility index (Phi) is 6.45. The summed E-state index contributed by atoms with van der Waals surface area (Å²) < 4.78 is 1.94. The van der Waals surface area contributed by atoms with Crippen LogP contribution in [0.15, 0.2) is 12.4 Å². The SMILES string of the molecule is CCCCCCC(C)(CCCC)c1cnn(C)c1. The average molecular weight is 250 g/mol. The van der Waals surface area contributed by atoms with Gasteiger partial charge in [-0.05, 0) is 23.8 Å². The van der Waals surface area contributed by atoms with Crippen LogP contribution >= 0.6 is 0 Å². The Hall–Kier alpha value is -0.790. The fraction of sp³-hybridized carbons (Fsp3) is 0.812. The van der Waals surface area contributed by atoms with Gasteiger partial charge in [-0.1, -0.05) is 59.3 Å². The van der Waals surface area contributed by atoms with Crippen molar-refractivity contribution in [1.29, 1.82) is 0 Å². The van der Waals surface area contributed by atoms with Gasteiger partial charge in [-0.15, -0.1) is 0 Å². The van der Waals surface area contributed by atoms with E-state index in [4.69, 9.17) is 0 Å². The molecular weight excluding hydrogens is 220 g/mol. The first-order valence-electron chi connectivity index (χ1n) is 7.61. The van der Waals surface area contributed by atoms with Gasteiger partial charge in [-0.3, -0.25) is 4.68 Å². The first-order valence-corrected chi connectivity index (χ1v) is 7.61. The molecule has 0 N–H and O–H groups in total. The fourth-order valence-corrected chi connectivity index (χ4v) is 2.66. The second-order valence-electron chi connectivity index (χ2n) is 5.88. The molecule has 1 aromatic rings. The average Bonchev–Trinajstić information content (AvgIpc) is 2.80. The summed E-state index contributed by atoms with van der Waals surface area (Å²) in [5, 5.41) is 4.35. The van der Waals surface area contributed by atoms with Crippen molar-refractivity contribution in [3.63, 3.8) is 0 Å².